The van der Waals surface area contributed by atoms with E-state index in [1.807, 2.05) is 12.1 Å². The number of hydrogen-bond acceptors (Lipinski definition) is 5. The summed E-state index contributed by atoms with van der Waals surface area (Å²) in [7, 11) is 0. The quantitative estimate of drug-likeness (QED) is 0.817. The fourth-order valence-corrected chi connectivity index (χ4v) is 3.49. The Bertz CT molecular complexity index is 844. The van der Waals surface area contributed by atoms with E-state index in [0.29, 0.717) is 43.4 Å². The Morgan fingerprint density at radius 2 is 2.00 bits per heavy atom. The van der Waals surface area contributed by atoms with Crippen molar-refractivity contribution in [3.8, 4) is 11.4 Å². The molecule has 1 aromatic heterocycles. The molecule has 1 saturated heterocycles. The molecule has 2 heterocycles. The first-order valence-corrected chi connectivity index (χ1v) is 9.72. The van der Waals surface area contributed by atoms with Crippen LogP contribution in [0, 0.1) is 5.41 Å². The summed E-state index contributed by atoms with van der Waals surface area (Å²) >= 11 is 0. The van der Waals surface area contributed by atoms with Crippen molar-refractivity contribution in [2.75, 3.05) is 13.1 Å². The number of aromatic nitrogens is 2. The molecule has 150 valence electrons. The van der Waals surface area contributed by atoms with E-state index in [2.05, 4.69) is 36.1 Å². The van der Waals surface area contributed by atoms with Crippen LogP contribution in [0.3, 0.4) is 0 Å². The lowest BCUT2D eigenvalue weighted by Crippen LogP contribution is -2.48. The van der Waals surface area contributed by atoms with Crippen LogP contribution in [-0.2, 0) is 16.0 Å². The molecule has 1 N–H and O–H groups in total. The Morgan fingerprint density at radius 3 is 2.64 bits per heavy atom. The van der Waals surface area contributed by atoms with Gasteiger partial charge in [0.1, 0.15) is 0 Å². The smallest absolute Gasteiger partial charge is 0.311 e. The van der Waals surface area contributed by atoms with Crippen molar-refractivity contribution in [3.05, 3.63) is 35.7 Å². The lowest BCUT2D eigenvalue weighted by Gasteiger charge is -2.37. The molecule has 7 nitrogen and oxygen atoms in total. The summed E-state index contributed by atoms with van der Waals surface area (Å²) in [5, 5.41) is 13.4. The molecule has 0 bridgehead atoms. The van der Waals surface area contributed by atoms with Gasteiger partial charge >= 0.3 is 5.97 Å². The van der Waals surface area contributed by atoms with Crippen LogP contribution in [0.5, 0.6) is 0 Å². The van der Waals surface area contributed by atoms with Crippen LogP contribution in [0.4, 0.5) is 0 Å². The maximum atomic E-state index is 12.5. The second-order valence-electron chi connectivity index (χ2n) is 8.07. The Labute approximate surface area is 164 Å². The van der Waals surface area contributed by atoms with Gasteiger partial charge < -0.3 is 14.5 Å². The minimum atomic E-state index is -0.867. The highest BCUT2D eigenvalue weighted by atomic mass is 16.5. The Hall–Kier alpha value is -2.70. The molecular weight excluding hydrogens is 358 g/mol. The number of amides is 1. The predicted octanol–water partition coefficient (Wildman–Crippen LogP) is 3.51. The van der Waals surface area contributed by atoms with Gasteiger partial charge in [-0.05, 0) is 31.2 Å². The molecule has 0 radical (unpaired) electrons. The van der Waals surface area contributed by atoms with Gasteiger partial charge in [0, 0.05) is 31.5 Å². The highest BCUT2D eigenvalue weighted by Gasteiger charge is 2.39. The number of hydrogen-bond donors (Lipinski definition) is 1. The summed E-state index contributed by atoms with van der Waals surface area (Å²) in [4.78, 5) is 30.0. The van der Waals surface area contributed by atoms with Crippen LogP contribution in [-0.4, -0.2) is 45.1 Å². The van der Waals surface area contributed by atoms with Gasteiger partial charge in [-0.1, -0.05) is 43.3 Å². The number of benzene rings is 1. The fraction of sp³-hybridized carbons (Fsp3) is 0.524. The summed E-state index contributed by atoms with van der Waals surface area (Å²) in [6.45, 7) is 6.82. The number of carboxylic acid groups (broad SMARTS) is 1. The van der Waals surface area contributed by atoms with Crippen molar-refractivity contribution < 1.29 is 19.2 Å². The standard InChI is InChI=1S/C21H27N3O4/c1-14(2)15-5-7-16(8-6-15)19-22-17(28-23-19)9-10-18(25)24-12-4-11-21(3,13-24)20(26)27/h5-8,14H,4,9-13H2,1-3H3,(H,26,27). The third-order valence-electron chi connectivity index (χ3n) is 5.42. The zero-order valence-electron chi connectivity index (χ0n) is 16.6. The van der Waals surface area contributed by atoms with Gasteiger partial charge in [0.25, 0.3) is 0 Å². The van der Waals surface area contributed by atoms with Gasteiger partial charge in [-0.25, -0.2) is 0 Å². The van der Waals surface area contributed by atoms with E-state index >= 15 is 0 Å². The summed E-state index contributed by atoms with van der Waals surface area (Å²) < 4.78 is 5.29. The number of likely N-dealkylation sites (tertiary alicyclic amines) is 1. The second kappa shape index (κ2) is 8.12. The maximum absolute atomic E-state index is 12.5. The number of nitrogens with zero attached hydrogens (tertiary/aromatic N) is 3. The molecule has 1 unspecified atom stereocenters. The highest BCUT2D eigenvalue weighted by molar-refractivity contribution is 5.79. The number of aryl methyl sites for hydroxylation is 1. The van der Waals surface area contributed by atoms with Gasteiger partial charge in [-0.2, -0.15) is 4.98 Å². The first kappa shape index (κ1) is 20.0. The molecular formula is C21H27N3O4. The Morgan fingerprint density at radius 1 is 1.29 bits per heavy atom. The highest BCUT2D eigenvalue weighted by Crippen LogP contribution is 2.30. The molecule has 2 aromatic rings. The molecule has 1 aromatic carbocycles. The van der Waals surface area contributed by atoms with Gasteiger partial charge in [0.15, 0.2) is 0 Å². The molecule has 3 rings (SSSR count). The van der Waals surface area contributed by atoms with Crippen molar-refractivity contribution in [2.45, 2.75) is 52.4 Å². The monoisotopic (exact) mass is 385 g/mol. The van der Waals surface area contributed by atoms with E-state index in [1.165, 1.54) is 5.56 Å². The zero-order chi connectivity index (χ0) is 20.3. The van der Waals surface area contributed by atoms with Crippen LogP contribution in [0.15, 0.2) is 28.8 Å². The van der Waals surface area contributed by atoms with Crippen molar-refractivity contribution in [2.24, 2.45) is 5.41 Å². The molecule has 1 atom stereocenters. The zero-order valence-corrected chi connectivity index (χ0v) is 16.6. The molecule has 28 heavy (non-hydrogen) atoms. The molecule has 1 aliphatic heterocycles. The summed E-state index contributed by atoms with van der Waals surface area (Å²) in [6, 6.07) is 8.04. The molecule has 0 saturated carbocycles. The van der Waals surface area contributed by atoms with Gasteiger partial charge in [-0.3, -0.25) is 9.59 Å². The number of carbonyl (C=O) groups is 2. The van der Waals surface area contributed by atoms with Crippen molar-refractivity contribution in [1.29, 1.82) is 0 Å². The average molecular weight is 385 g/mol. The largest absolute Gasteiger partial charge is 0.481 e. The van der Waals surface area contributed by atoms with Crippen molar-refractivity contribution in [3.63, 3.8) is 0 Å². The van der Waals surface area contributed by atoms with Crippen LogP contribution < -0.4 is 0 Å². The van der Waals surface area contributed by atoms with Crippen LogP contribution in [0.25, 0.3) is 11.4 Å². The lowest BCUT2D eigenvalue weighted by molar-refractivity contribution is -0.153. The van der Waals surface area contributed by atoms with E-state index in [9.17, 15) is 14.7 Å². The summed E-state index contributed by atoms with van der Waals surface area (Å²) in [5.74, 6) is 0.449. The van der Waals surface area contributed by atoms with Crippen molar-refractivity contribution >= 4 is 11.9 Å². The van der Waals surface area contributed by atoms with E-state index < -0.39 is 11.4 Å². The fourth-order valence-electron chi connectivity index (χ4n) is 3.49. The van der Waals surface area contributed by atoms with E-state index in [0.717, 1.165) is 5.56 Å². The predicted molar refractivity (Wildman–Crippen MR) is 104 cm³/mol. The SMILES string of the molecule is CC(C)c1ccc(-c2noc(CCC(=O)N3CCCC(C)(C(=O)O)C3)n2)cc1. The van der Waals surface area contributed by atoms with Crippen LogP contribution in [0.2, 0.25) is 0 Å². The molecule has 1 amide bonds. The normalized spacial score (nSPS) is 19.8. The Kier molecular flexibility index (Phi) is 5.82. The molecule has 1 fully saturated rings. The van der Waals surface area contributed by atoms with E-state index in [1.54, 1.807) is 11.8 Å². The van der Waals surface area contributed by atoms with Gasteiger partial charge in [0.2, 0.25) is 17.6 Å². The third-order valence-corrected chi connectivity index (χ3v) is 5.42. The number of aliphatic carboxylic acids is 1. The van der Waals surface area contributed by atoms with E-state index in [4.69, 9.17) is 4.52 Å². The van der Waals surface area contributed by atoms with Crippen LogP contribution in [0.1, 0.15) is 57.4 Å². The minimum Gasteiger partial charge on any atom is -0.481 e. The molecule has 1 aliphatic rings. The minimum absolute atomic E-state index is 0.0757. The molecule has 0 aliphatic carbocycles. The number of piperidine rings is 1. The van der Waals surface area contributed by atoms with Gasteiger partial charge in [0.05, 0.1) is 5.41 Å². The molecule has 7 heteroatoms. The van der Waals surface area contributed by atoms with Gasteiger partial charge in [-0.15, -0.1) is 0 Å². The number of carboxylic acids is 1. The number of rotatable bonds is 6. The van der Waals surface area contributed by atoms with E-state index in [-0.39, 0.29) is 18.9 Å². The van der Waals surface area contributed by atoms with Crippen LogP contribution >= 0.6 is 0 Å². The summed E-state index contributed by atoms with van der Waals surface area (Å²) in [5.41, 5.74) is 1.25. The number of carbonyl (C=O) groups excluding carboxylic acids is 1. The first-order chi connectivity index (χ1) is 13.3. The molecule has 0 spiro atoms. The maximum Gasteiger partial charge on any atom is 0.311 e. The average Bonchev–Trinajstić information content (AvgIpc) is 3.15. The Balaban J connectivity index is 1.58. The lowest BCUT2D eigenvalue weighted by atomic mass is 9.82. The first-order valence-electron chi connectivity index (χ1n) is 9.72. The topological polar surface area (TPSA) is 96.5 Å². The summed E-state index contributed by atoms with van der Waals surface area (Å²) in [6.07, 6.45) is 1.86. The third kappa shape index (κ3) is 4.40. The van der Waals surface area contributed by atoms with Crippen molar-refractivity contribution in [1.82, 2.24) is 15.0 Å². The second-order valence-corrected chi connectivity index (χ2v) is 8.07.